The number of halogens is 1. The molecule has 194 valence electrons. The van der Waals surface area contributed by atoms with E-state index in [9.17, 15) is 24.2 Å². The van der Waals surface area contributed by atoms with Crippen molar-refractivity contribution in [2.45, 2.75) is 79.1 Å². The Labute approximate surface area is 211 Å². The molecule has 5 atom stereocenters. The number of hydrogen-bond acceptors (Lipinski definition) is 7. The van der Waals surface area contributed by atoms with Crippen LogP contribution < -0.4 is 0 Å². The van der Waals surface area contributed by atoms with Gasteiger partial charge in [0.15, 0.2) is 0 Å². The highest BCUT2D eigenvalue weighted by Gasteiger charge is 2.42. The van der Waals surface area contributed by atoms with Crippen molar-refractivity contribution in [3.05, 3.63) is 45.5 Å². The van der Waals surface area contributed by atoms with Crippen molar-refractivity contribution < 1.29 is 28.9 Å². The average Bonchev–Trinajstić information content (AvgIpc) is 3.21. The zero-order chi connectivity index (χ0) is 26.3. The molecular weight excluding hydrogens is 469 g/mol. The van der Waals surface area contributed by atoms with Gasteiger partial charge in [0.2, 0.25) is 0 Å². The molecule has 0 spiro atoms. The third-order valence-corrected chi connectivity index (χ3v) is 7.51. The van der Waals surface area contributed by atoms with E-state index >= 15 is 0 Å². The number of aryl methyl sites for hydroxylation is 1. The molecule has 2 heterocycles. The van der Waals surface area contributed by atoms with Gasteiger partial charge in [-0.15, -0.1) is 11.3 Å². The normalized spacial score (nSPS) is 29.6. The molecule has 1 aromatic heterocycles. The number of thiazole rings is 1. The maximum atomic E-state index is 13.7. The summed E-state index contributed by atoms with van der Waals surface area (Å²) in [5.74, 6) is -1.99. The molecule has 1 aromatic rings. The highest BCUT2D eigenvalue weighted by molar-refractivity contribution is 7.09. The molecule has 2 rings (SSSR count). The minimum Gasteiger partial charge on any atom is -0.457 e. The number of allylic oxidation sites excluding steroid dienone is 3. The fourth-order valence-electron chi connectivity index (χ4n) is 4.12. The third kappa shape index (κ3) is 7.92. The van der Waals surface area contributed by atoms with Crippen molar-refractivity contribution in [3.63, 3.8) is 0 Å². The highest BCUT2D eigenvalue weighted by Crippen LogP contribution is 2.32. The van der Waals surface area contributed by atoms with E-state index in [4.69, 9.17) is 4.74 Å². The van der Waals surface area contributed by atoms with Gasteiger partial charge in [-0.1, -0.05) is 45.9 Å². The molecule has 0 radical (unpaired) electrons. The number of rotatable bonds is 3. The summed E-state index contributed by atoms with van der Waals surface area (Å²) in [7, 11) is 0. The fraction of sp³-hybridized carbons (Fsp3) is 0.593. The van der Waals surface area contributed by atoms with Crippen LogP contribution in [0, 0.1) is 24.2 Å². The molecule has 0 unspecified atom stereocenters. The second-order valence-corrected chi connectivity index (χ2v) is 11.1. The number of ketones is 1. The summed E-state index contributed by atoms with van der Waals surface area (Å²) in [5, 5.41) is 24.3. The lowest BCUT2D eigenvalue weighted by molar-refractivity contribution is -0.154. The fourth-order valence-corrected chi connectivity index (χ4v) is 4.69. The predicted octanol–water partition coefficient (Wildman–Crippen LogP) is 4.99. The van der Waals surface area contributed by atoms with Crippen molar-refractivity contribution in [3.8, 4) is 0 Å². The summed E-state index contributed by atoms with van der Waals surface area (Å²) in [6.45, 7) is 9.63. The molecule has 0 saturated carbocycles. The molecule has 1 aliphatic rings. The zero-order valence-electron chi connectivity index (χ0n) is 21.5. The average molecular weight is 508 g/mol. The molecule has 0 amide bonds. The Hall–Kier alpha value is -2.16. The lowest BCUT2D eigenvalue weighted by atomic mass is 9.73. The largest absolute Gasteiger partial charge is 0.457 e. The Morgan fingerprint density at radius 1 is 1.29 bits per heavy atom. The number of cyclic esters (lactones) is 1. The molecular formula is C27H38FNO5S. The van der Waals surface area contributed by atoms with Crippen molar-refractivity contribution in [1.29, 1.82) is 0 Å². The Morgan fingerprint density at radius 3 is 2.57 bits per heavy atom. The molecule has 2 N–H and O–H groups in total. The van der Waals surface area contributed by atoms with E-state index in [1.54, 1.807) is 39.0 Å². The van der Waals surface area contributed by atoms with Crippen LogP contribution in [0.5, 0.6) is 0 Å². The minimum absolute atomic E-state index is 0.244. The number of carbonyl (C=O) groups excluding carboxylic acids is 2. The Balaban J connectivity index is 2.41. The summed E-state index contributed by atoms with van der Waals surface area (Å²) in [6.07, 6.45) is 4.38. The number of Topliss-reactive ketones (excluding diaryl/α,β-unsaturated/α-hetero) is 1. The van der Waals surface area contributed by atoms with Crippen LogP contribution in [0.2, 0.25) is 0 Å². The Kier molecular flexibility index (Phi) is 10.5. The summed E-state index contributed by atoms with van der Waals surface area (Å²) in [5.41, 5.74) is 0.656. The quantitative estimate of drug-likeness (QED) is 0.560. The van der Waals surface area contributed by atoms with Crippen LogP contribution in [-0.2, 0) is 14.3 Å². The van der Waals surface area contributed by atoms with Gasteiger partial charge in [-0.25, -0.2) is 9.37 Å². The van der Waals surface area contributed by atoms with Gasteiger partial charge in [0, 0.05) is 17.7 Å². The monoisotopic (exact) mass is 507 g/mol. The molecule has 6 nitrogen and oxygen atoms in total. The Morgan fingerprint density at radius 2 is 1.97 bits per heavy atom. The van der Waals surface area contributed by atoms with Gasteiger partial charge in [-0.05, 0) is 43.4 Å². The van der Waals surface area contributed by atoms with Gasteiger partial charge in [0.25, 0.3) is 0 Å². The smallest absolute Gasteiger partial charge is 0.309 e. The van der Waals surface area contributed by atoms with E-state index < -0.39 is 42.3 Å². The van der Waals surface area contributed by atoms with Crippen LogP contribution in [0.1, 0.15) is 64.6 Å². The van der Waals surface area contributed by atoms with Gasteiger partial charge in [-0.2, -0.15) is 0 Å². The van der Waals surface area contributed by atoms with Crippen LogP contribution >= 0.6 is 11.3 Å². The maximum absolute atomic E-state index is 13.7. The minimum atomic E-state index is -1.29. The number of aromatic nitrogens is 1. The van der Waals surface area contributed by atoms with E-state index in [1.165, 1.54) is 11.3 Å². The van der Waals surface area contributed by atoms with Crippen LogP contribution in [0.3, 0.4) is 0 Å². The first-order chi connectivity index (χ1) is 16.4. The topological polar surface area (TPSA) is 96.7 Å². The maximum Gasteiger partial charge on any atom is 0.309 e. The molecule has 0 fully saturated rings. The van der Waals surface area contributed by atoms with E-state index in [-0.39, 0.29) is 24.5 Å². The van der Waals surface area contributed by atoms with E-state index in [0.717, 1.165) is 16.3 Å². The molecule has 0 saturated heterocycles. The van der Waals surface area contributed by atoms with Gasteiger partial charge in [0.05, 0.1) is 34.7 Å². The first-order valence-electron chi connectivity index (χ1n) is 12.0. The number of hydrogen-bond donors (Lipinski definition) is 2. The highest BCUT2D eigenvalue weighted by atomic mass is 32.1. The van der Waals surface area contributed by atoms with Crippen LogP contribution in [0.25, 0.3) is 6.08 Å². The van der Waals surface area contributed by atoms with Crippen molar-refractivity contribution in [1.82, 2.24) is 4.98 Å². The third-order valence-electron chi connectivity index (χ3n) is 6.72. The van der Waals surface area contributed by atoms with Crippen molar-refractivity contribution in [2.24, 2.45) is 17.3 Å². The number of ether oxygens (including phenoxy) is 1. The van der Waals surface area contributed by atoms with Gasteiger partial charge in [-0.3, -0.25) is 9.59 Å². The SMILES string of the molecule is CC(=Cc1csc(C)n1)[C@@H]1CC=C(CF)C=CC[C@H](C)[C@H](O)[C@@H](C)C(=O)C(C)(C)[C@@H](O)CC(=O)O1. The lowest BCUT2D eigenvalue weighted by Gasteiger charge is -2.34. The summed E-state index contributed by atoms with van der Waals surface area (Å²) >= 11 is 1.51. The van der Waals surface area contributed by atoms with Gasteiger partial charge >= 0.3 is 5.97 Å². The van der Waals surface area contributed by atoms with E-state index in [2.05, 4.69) is 4.98 Å². The van der Waals surface area contributed by atoms with Crippen LogP contribution in [-0.4, -0.2) is 51.9 Å². The van der Waals surface area contributed by atoms with Crippen molar-refractivity contribution in [2.75, 3.05) is 6.67 Å². The summed E-state index contributed by atoms with van der Waals surface area (Å²) in [6, 6.07) is 0. The first kappa shape index (κ1) is 29.1. The number of alkyl halides is 1. The summed E-state index contributed by atoms with van der Waals surface area (Å²) < 4.78 is 19.4. The number of aliphatic hydroxyl groups is 2. The number of aliphatic hydroxyl groups excluding tert-OH is 2. The van der Waals surface area contributed by atoms with E-state index in [1.807, 2.05) is 32.2 Å². The first-order valence-corrected chi connectivity index (χ1v) is 12.9. The second kappa shape index (κ2) is 12.7. The standard InChI is InChI=1S/C27H38FNO5S/c1-16-8-7-9-20(14-28)10-11-22(17(2)12-21-15-35-19(4)29-21)34-24(31)13-23(30)27(5,6)26(33)18(3)25(16)32/h7,9-10,12,15-16,18,22-23,25,30,32H,8,11,13-14H2,1-6H3/t16-,18+,22-,23-,25-/m0/s1. The number of esters is 1. The zero-order valence-corrected chi connectivity index (χ0v) is 22.3. The second-order valence-electron chi connectivity index (χ2n) is 10.0. The molecule has 1 aliphatic heterocycles. The lowest BCUT2D eigenvalue weighted by Crippen LogP contribution is -2.45. The molecule has 0 aromatic carbocycles. The van der Waals surface area contributed by atoms with Crippen LogP contribution in [0.15, 0.2) is 34.8 Å². The molecule has 0 aliphatic carbocycles. The molecule has 8 heteroatoms. The Bertz CT molecular complexity index is 980. The number of carbonyl (C=O) groups is 2. The summed E-state index contributed by atoms with van der Waals surface area (Å²) in [4.78, 5) is 30.4. The molecule has 35 heavy (non-hydrogen) atoms. The van der Waals surface area contributed by atoms with Crippen molar-refractivity contribution >= 4 is 29.2 Å². The molecule has 0 bridgehead atoms. The number of nitrogens with zero attached hydrogens (tertiary/aromatic N) is 1. The van der Waals surface area contributed by atoms with Gasteiger partial charge < -0.3 is 14.9 Å². The van der Waals surface area contributed by atoms with E-state index in [0.29, 0.717) is 12.0 Å². The van der Waals surface area contributed by atoms with Crippen LogP contribution in [0.4, 0.5) is 4.39 Å². The van der Waals surface area contributed by atoms with Gasteiger partial charge in [0.1, 0.15) is 18.6 Å². The predicted molar refractivity (Wildman–Crippen MR) is 137 cm³/mol.